The first-order valence-corrected chi connectivity index (χ1v) is 9.37. The predicted octanol–water partition coefficient (Wildman–Crippen LogP) is 3.62. The Kier molecular flexibility index (Phi) is 9.46. The largest absolute Gasteiger partial charge is 0.496 e. The van der Waals surface area contributed by atoms with Crippen LogP contribution in [0.4, 0.5) is 4.39 Å². The summed E-state index contributed by atoms with van der Waals surface area (Å²) in [7, 11) is 1.65. The number of fused-ring (bicyclic) bond motifs is 1. The molecule has 8 heteroatoms. The van der Waals surface area contributed by atoms with Gasteiger partial charge in [-0.1, -0.05) is 18.2 Å². The average molecular weight is 515 g/mol. The fraction of sp³-hybridized carbons (Fsp3) is 0.381. The highest BCUT2D eigenvalue weighted by Crippen LogP contribution is 2.29. The maximum atomic E-state index is 13.9. The van der Waals surface area contributed by atoms with Gasteiger partial charge in [0.15, 0.2) is 12.8 Å². The second-order valence-corrected chi connectivity index (χ2v) is 6.35. The van der Waals surface area contributed by atoms with E-state index in [0.717, 1.165) is 34.7 Å². The van der Waals surface area contributed by atoms with Crippen LogP contribution in [0.25, 0.3) is 0 Å². The summed E-state index contributed by atoms with van der Waals surface area (Å²) in [5.74, 6) is 1.96. The van der Waals surface area contributed by atoms with E-state index >= 15 is 0 Å². The summed E-state index contributed by atoms with van der Waals surface area (Å²) in [6.45, 7) is 4.41. The van der Waals surface area contributed by atoms with Crippen LogP contribution in [-0.4, -0.2) is 33.0 Å². The number of rotatable bonds is 7. The number of nitrogens with zero attached hydrogens (tertiary/aromatic N) is 1. The number of hydrogen-bond donors (Lipinski definition) is 2. The molecule has 158 valence electrons. The molecule has 0 unspecified atom stereocenters. The summed E-state index contributed by atoms with van der Waals surface area (Å²) < 4.78 is 30.0. The Labute approximate surface area is 187 Å². The molecule has 2 N–H and O–H groups in total. The standard InChI is InChI=1S/C21H26FN3O3.HI/c1-3-23-21(25-12-16-6-4-5-7-19(16)26-2)24-9-8-15-10-18(22)11-17-13-27-14-28-20(15)17;/h4-7,10-11H,3,8-9,12-14H2,1-2H3,(H2,23,24,25);1H. The first-order valence-electron chi connectivity index (χ1n) is 9.37. The lowest BCUT2D eigenvalue weighted by molar-refractivity contribution is -0.0172. The second kappa shape index (κ2) is 11.8. The Morgan fingerprint density at radius 2 is 2.03 bits per heavy atom. The molecule has 29 heavy (non-hydrogen) atoms. The molecule has 0 amide bonds. The van der Waals surface area contributed by atoms with Gasteiger partial charge in [0.05, 0.1) is 20.3 Å². The predicted molar refractivity (Wildman–Crippen MR) is 122 cm³/mol. The van der Waals surface area contributed by atoms with Crippen LogP contribution in [0, 0.1) is 5.82 Å². The van der Waals surface area contributed by atoms with Crippen LogP contribution < -0.4 is 20.1 Å². The lowest BCUT2D eigenvalue weighted by Gasteiger charge is -2.21. The third-order valence-corrected chi connectivity index (χ3v) is 4.38. The molecule has 0 spiro atoms. The molecule has 0 aromatic heterocycles. The summed E-state index contributed by atoms with van der Waals surface area (Å²) in [6, 6.07) is 10.8. The van der Waals surface area contributed by atoms with Gasteiger partial charge < -0.3 is 24.8 Å². The van der Waals surface area contributed by atoms with Crippen LogP contribution >= 0.6 is 24.0 Å². The van der Waals surface area contributed by atoms with E-state index in [2.05, 4.69) is 15.6 Å². The summed E-state index contributed by atoms with van der Waals surface area (Å²) in [5.41, 5.74) is 2.58. The Hall–Kier alpha value is -2.07. The van der Waals surface area contributed by atoms with Crippen molar-refractivity contribution in [3.05, 3.63) is 58.9 Å². The summed E-state index contributed by atoms with van der Waals surface area (Å²) in [5, 5.41) is 6.52. The van der Waals surface area contributed by atoms with Gasteiger partial charge >= 0.3 is 0 Å². The highest BCUT2D eigenvalue weighted by atomic mass is 127. The van der Waals surface area contributed by atoms with E-state index in [1.54, 1.807) is 7.11 Å². The normalized spacial score (nSPS) is 13.0. The zero-order chi connectivity index (χ0) is 19.8. The molecule has 0 fully saturated rings. The Balaban J connectivity index is 0.00000300. The molecule has 1 aliphatic heterocycles. The molecule has 0 radical (unpaired) electrons. The third kappa shape index (κ3) is 6.46. The highest BCUT2D eigenvalue weighted by molar-refractivity contribution is 14.0. The number of nitrogens with one attached hydrogen (secondary N) is 2. The van der Waals surface area contributed by atoms with Crippen molar-refractivity contribution in [1.29, 1.82) is 0 Å². The molecule has 3 rings (SSSR count). The van der Waals surface area contributed by atoms with Gasteiger partial charge in [-0.3, -0.25) is 0 Å². The number of aliphatic imine (C=N–C) groups is 1. The topological polar surface area (TPSA) is 64.1 Å². The van der Waals surface area contributed by atoms with Crippen molar-refractivity contribution in [3.63, 3.8) is 0 Å². The number of benzene rings is 2. The minimum absolute atomic E-state index is 0. The molecule has 0 saturated heterocycles. The molecular formula is C21H27FIN3O3. The third-order valence-electron chi connectivity index (χ3n) is 4.38. The fourth-order valence-corrected chi connectivity index (χ4v) is 3.10. The molecule has 1 heterocycles. The quantitative estimate of drug-likeness (QED) is 0.335. The van der Waals surface area contributed by atoms with Crippen molar-refractivity contribution in [2.24, 2.45) is 4.99 Å². The SMILES string of the molecule is CCNC(=NCc1ccccc1OC)NCCc1cc(F)cc2c1OCOC2.I. The van der Waals surface area contributed by atoms with Gasteiger partial charge in [0.1, 0.15) is 17.3 Å². The van der Waals surface area contributed by atoms with E-state index in [1.807, 2.05) is 31.2 Å². The van der Waals surface area contributed by atoms with Crippen LogP contribution in [0.5, 0.6) is 11.5 Å². The van der Waals surface area contributed by atoms with Crippen LogP contribution in [-0.2, 0) is 24.3 Å². The van der Waals surface area contributed by atoms with E-state index in [1.165, 1.54) is 12.1 Å². The monoisotopic (exact) mass is 515 g/mol. The van der Waals surface area contributed by atoms with Crippen molar-refractivity contribution in [2.75, 3.05) is 27.0 Å². The van der Waals surface area contributed by atoms with Crippen LogP contribution in [0.15, 0.2) is 41.4 Å². The number of hydrogen-bond acceptors (Lipinski definition) is 4. The van der Waals surface area contributed by atoms with Gasteiger partial charge in [0.2, 0.25) is 0 Å². The van der Waals surface area contributed by atoms with Gasteiger partial charge in [-0.15, -0.1) is 24.0 Å². The average Bonchev–Trinajstić information content (AvgIpc) is 2.72. The van der Waals surface area contributed by atoms with E-state index in [4.69, 9.17) is 14.2 Å². The van der Waals surface area contributed by atoms with E-state index in [9.17, 15) is 4.39 Å². The minimum Gasteiger partial charge on any atom is -0.496 e. The van der Waals surface area contributed by atoms with Gasteiger partial charge in [-0.25, -0.2) is 9.38 Å². The van der Waals surface area contributed by atoms with Gasteiger partial charge in [0.25, 0.3) is 0 Å². The number of methoxy groups -OCH3 is 1. The molecule has 0 saturated carbocycles. The molecule has 6 nitrogen and oxygen atoms in total. The maximum Gasteiger partial charge on any atom is 0.191 e. The lowest BCUT2D eigenvalue weighted by atomic mass is 10.1. The first-order chi connectivity index (χ1) is 13.7. The summed E-state index contributed by atoms with van der Waals surface area (Å²) in [6.07, 6.45) is 0.610. The molecule has 0 aliphatic carbocycles. The number of guanidine groups is 1. The summed E-state index contributed by atoms with van der Waals surface area (Å²) >= 11 is 0. The van der Waals surface area contributed by atoms with Crippen molar-refractivity contribution < 1.29 is 18.6 Å². The molecule has 0 bridgehead atoms. The molecular weight excluding hydrogens is 488 g/mol. The first kappa shape index (κ1) is 23.2. The van der Waals surface area contributed by atoms with E-state index < -0.39 is 0 Å². The van der Waals surface area contributed by atoms with E-state index in [0.29, 0.717) is 32.1 Å². The number of para-hydroxylation sites is 1. The zero-order valence-electron chi connectivity index (χ0n) is 16.7. The smallest absolute Gasteiger partial charge is 0.191 e. The molecule has 2 aromatic carbocycles. The summed E-state index contributed by atoms with van der Waals surface area (Å²) in [4.78, 5) is 4.62. The fourth-order valence-electron chi connectivity index (χ4n) is 3.10. The van der Waals surface area contributed by atoms with Crippen LogP contribution in [0.1, 0.15) is 23.6 Å². The van der Waals surface area contributed by atoms with Crippen molar-refractivity contribution >= 4 is 29.9 Å². The highest BCUT2D eigenvalue weighted by Gasteiger charge is 2.16. The Morgan fingerprint density at radius 1 is 1.21 bits per heavy atom. The van der Waals surface area contributed by atoms with Gasteiger partial charge in [-0.05, 0) is 37.1 Å². The number of ether oxygens (including phenoxy) is 3. The van der Waals surface area contributed by atoms with Crippen molar-refractivity contribution in [1.82, 2.24) is 10.6 Å². The molecule has 1 aliphatic rings. The molecule has 0 atom stereocenters. The van der Waals surface area contributed by atoms with Crippen molar-refractivity contribution in [2.45, 2.75) is 26.5 Å². The second-order valence-electron chi connectivity index (χ2n) is 6.35. The van der Waals surface area contributed by atoms with Crippen LogP contribution in [0.2, 0.25) is 0 Å². The van der Waals surface area contributed by atoms with Crippen molar-refractivity contribution in [3.8, 4) is 11.5 Å². The maximum absolute atomic E-state index is 13.9. The van der Waals surface area contributed by atoms with Crippen LogP contribution in [0.3, 0.4) is 0 Å². The Morgan fingerprint density at radius 3 is 2.83 bits per heavy atom. The minimum atomic E-state index is -0.278. The Bertz CT molecular complexity index is 833. The zero-order valence-corrected chi connectivity index (χ0v) is 19.0. The van der Waals surface area contributed by atoms with Gasteiger partial charge in [-0.2, -0.15) is 0 Å². The molecule has 2 aromatic rings. The number of halogens is 2. The van der Waals surface area contributed by atoms with Gasteiger partial charge in [0, 0.05) is 24.2 Å². The lowest BCUT2D eigenvalue weighted by Crippen LogP contribution is -2.38. The van der Waals surface area contributed by atoms with E-state index in [-0.39, 0.29) is 36.6 Å².